The fraction of sp³-hybridized carbons (Fsp3) is 0.857. The number of nitrogens with one attached hydrogen (secondary N) is 1. The molecule has 2 fully saturated rings. The van der Waals surface area contributed by atoms with Gasteiger partial charge < -0.3 is 10.4 Å². The molecule has 2 aliphatic rings. The quantitative estimate of drug-likeness (QED) is 0.573. The molecule has 0 aromatic heterocycles. The van der Waals surface area contributed by atoms with E-state index in [1.807, 2.05) is 0 Å². The average molecular weight is 141 g/mol. The van der Waals surface area contributed by atoms with Gasteiger partial charge in [0.25, 0.3) is 0 Å². The van der Waals surface area contributed by atoms with Crippen LogP contribution in [0.3, 0.4) is 0 Å². The Morgan fingerprint density at radius 1 is 1.30 bits per heavy atom. The van der Waals surface area contributed by atoms with Crippen molar-refractivity contribution < 1.29 is 9.90 Å². The number of hydrogen-bond donors (Lipinski definition) is 2. The van der Waals surface area contributed by atoms with Crippen molar-refractivity contribution in [1.82, 2.24) is 5.32 Å². The Morgan fingerprint density at radius 3 is 2.40 bits per heavy atom. The van der Waals surface area contributed by atoms with Crippen LogP contribution in [0.2, 0.25) is 0 Å². The van der Waals surface area contributed by atoms with Gasteiger partial charge in [0, 0.05) is 6.04 Å². The zero-order valence-electron chi connectivity index (χ0n) is 5.71. The molecule has 2 aliphatic carbocycles. The topological polar surface area (TPSA) is 49.3 Å². The standard InChI is InChI=1S/C7H11NO2/c9-7(10)8-6-2-4-1-5(4)3-6/h4-6,8H,1-3H2,(H,9,10). The fourth-order valence-corrected chi connectivity index (χ4v) is 2.01. The summed E-state index contributed by atoms with van der Waals surface area (Å²) in [6, 6.07) is 0.265. The summed E-state index contributed by atoms with van der Waals surface area (Å²) >= 11 is 0. The third-order valence-corrected chi connectivity index (χ3v) is 2.57. The van der Waals surface area contributed by atoms with E-state index in [9.17, 15) is 4.79 Å². The highest BCUT2D eigenvalue weighted by molar-refractivity contribution is 5.64. The lowest BCUT2D eigenvalue weighted by molar-refractivity contribution is 0.189. The van der Waals surface area contributed by atoms with E-state index in [0.29, 0.717) is 0 Å². The Balaban J connectivity index is 1.80. The van der Waals surface area contributed by atoms with Crippen molar-refractivity contribution in [2.45, 2.75) is 25.3 Å². The van der Waals surface area contributed by atoms with Crippen molar-refractivity contribution in [3.63, 3.8) is 0 Å². The van der Waals surface area contributed by atoms with Crippen LogP contribution in [0, 0.1) is 11.8 Å². The number of carboxylic acid groups (broad SMARTS) is 1. The summed E-state index contributed by atoms with van der Waals surface area (Å²) in [6.07, 6.45) is 2.64. The van der Waals surface area contributed by atoms with E-state index in [4.69, 9.17) is 5.11 Å². The Hall–Kier alpha value is -0.730. The molecule has 0 radical (unpaired) electrons. The third kappa shape index (κ3) is 0.958. The Labute approximate surface area is 59.4 Å². The van der Waals surface area contributed by atoms with Crippen LogP contribution in [-0.4, -0.2) is 17.2 Å². The number of fused-ring (bicyclic) bond motifs is 1. The minimum absolute atomic E-state index is 0.265. The second kappa shape index (κ2) is 1.87. The van der Waals surface area contributed by atoms with Crippen LogP contribution in [0.4, 0.5) is 4.79 Å². The summed E-state index contributed by atoms with van der Waals surface area (Å²) in [5.74, 6) is 1.72. The summed E-state index contributed by atoms with van der Waals surface area (Å²) in [5.41, 5.74) is 0. The molecule has 0 aliphatic heterocycles. The molecule has 0 bridgehead atoms. The average Bonchev–Trinajstić information content (AvgIpc) is 2.39. The first-order chi connectivity index (χ1) is 4.75. The van der Waals surface area contributed by atoms with Crippen LogP contribution in [0.15, 0.2) is 0 Å². The minimum atomic E-state index is -0.869. The molecule has 3 heteroatoms. The normalized spacial score (nSPS) is 42.6. The van der Waals surface area contributed by atoms with E-state index >= 15 is 0 Å². The fourth-order valence-electron chi connectivity index (χ4n) is 2.01. The molecular weight excluding hydrogens is 130 g/mol. The molecule has 0 saturated heterocycles. The first kappa shape index (κ1) is 6.01. The van der Waals surface area contributed by atoms with Crippen LogP contribution < -0.4 is 5.32 Å². The Bertz CT molecular complexity index is 159. The van der Waals surface area contributed by atoms with Crippen LogP contribution in [0.25, 0.3) is 0 Å². The van der Waals surface area contributed by atoms with Gasteiger partial charge in [0.2, 0.25) is 0 Å². The van der Waals surface area contributed by atoms with Gasteiger partial charge in [-0.15, -0.1) is 0 Å². The lowest BCUT2D eigenvalue weighted by atomic mass is 10.2. The highest BCUT2D eigenvalue weighted by atomic mass is 16.4. The van der Waals surface area contributed by atoms with Gasteiger partial charge in [-0.1, -0.05) is 0 Å². The summed E-state index contributed by atoms with van der Waals surface area (Å²) in [5, 5.41) is 10.9. The zero-order chi connectivity index (χ0) is 7.14. The van der Waals surface area contributed by atoms with Gasteiger partial charge in [0.1, 0.15) is 0 Å². The van der Waals surface area contributed by atoms with Gasteiger partial charge in [-0.25, -0.2) is 4.79 Å². The summed E-state index contributed by atoms with van der Waals surface area (Å²) in [7, 11) is 0. The molecule has 2 N–H and O–H groups in total. The van der Waals surface area contributed by atoms with E-state index in [2.05, 4.69) is 5.32 Å². The smallest absolute Gasteiger partial charge is 0.404 e. The maximum absolute atomic E-state index is 10.2. The van der Waals surface area contributed by atoms with E-state index in [1.54, 1.807) is 0 Å². The van der Waals surface area contributed by atoms with E-state index < -0.39 is 6.09 Å². The van der Waals surface area contributed by atoms with E-state index in [1.165, 1.54) is 6.42 Å². The first-order valence-corrected chi connectivity index (χ1v) is 3.75. The number of hydrogen-bond acceptors (Lipinski definition) is 1. The van der Waals surface area contributed by atoms with Crippen molar-refractivity contribution >= 4 is 6.09 Å². The summed E-state index contributed by atoms with van der Waals surface area (Å²) in [6.45, 7) is 0. The van der Waals surface area contributed by atoms with Gasteiger partial charge in [-0.3, -0.25) is 0 Å². The predicted molar refractivity (Wildman–Crippen MR) is 35.8 cm³/mol. The molecule has 3 nitrogen and oxygen atoms in total. The first-order valence-electron chi connectivity index (χ1n) is 3.75. The van der Waals surface area contributed by atoms with Crippen molar-refractivity contribution in [3.8, 4) is 0 Å². The zero-order valence-corrected chi connectivity index (χ0v) is 5.71. The van der Waals surface area contributed by atoms with Crippen molar-refractivity contribution in [1.29, 1.82) is 0 Å². The molecule has 2 unspecified atom stereocenters. The molecule has 56 valence electrons. The molecule has 0 heterocycles. The molecular formula is C7H11NO2. The molecule has 0 aromatic rings. The maximum atomic E-state index is 10.2. The van der Waals surface area contributed by atoms with E-state index in [0.717, 1.165) is 24.7 Å². The SMILES string of the molecule is O=C(O)NC1CC2CC2C1. The third-order valence-electron chi connectivity index (χ3n) is 2.57. The molecule has 0 aromatic carbocycles. The van der Waals surface area contributed by atoms with Crippen LogP contribution in [0.5, 0.6) is 0 Å². The number of rotatable bonds is 1. The van der Waals surface area contributed by atoms with E-state index in [-0.39, 0.29) is 6.04 Å². The van der Waals surface area contributed by atoms with Crippen LogP contribution in [0.1, 0.15) is 19.3 Å². The van der Waals surface area contributed by atoms with Crippen molar-refractivity contribution in [2.24, 2.45) is 11.8 Å². The molecule has 0 spiro atoms. The summed E-state index contributed by atoms with van der Waals surface area (Å²) in [4.78, 5) is 10.2. The highest BCUT2D eigenvalue weighted by Gasteiger charge is 2.46. The van der Waals surface area contributed by atoms with Gasteiger partial charge >= 0.3 is 6.09 Å². The van der Waals surface area contributed by atoms with Crippen molar-refractivity contribution in [2.75, 3.05) is 0 Å². The lowest BCUT2D eigenvalue weighted by Crippen LogP contribution is -2.32. The Kier molecular flexibility index (Phi) is 1.13. The second-order valence-electron chi connectivity index (χ2n) is 3.37. The lowest BCUT2D eigenvalue weighted by Gasteiger charge is -2.09. The van der Waals surface area contributed by atoms with Gasteiger partial charge in [-0.2, -0.15) is 0 Å². The second-order valence-corrected chi connectivity index (χ2v) is 3.37. The maximum Gasteiger partial charge on any atom is 0.404 e. The molecule has 10 heavy (non-hydrogen) atoms. The molecule has 2 saturated carbocycles. The minimum Gasteiger partial charge on any atom is -0.465 e. The van der Waals surface area contributed by atoms with Crippen molar-refractivity contribution in [3.05, 3.63) is 0 Å². The largest absolute Gasteiger partial charge is 0.465 e. The number of carbonyl (C=O) groups is 1. The molecule has 2 rings (SSSR count). The Morgan fingerprint density at radius 2 is 1.90 bits per heavy atom. The van der Waals surface area contributed by atoms with Gasteiger partial charge in [0.05, 0.1) is 0 Å². The monoisotopic (exact) mass is 141 g/mol. The van der Waals surface area contributed by atoms with Crippen LogP contribution >= 0.6 is 0 Å². The highest BCUT2D eigenvalue weighted by Crippen LogP contribution is 2.51. The predicted octanol–water partition coefficient (Wildman–Crippen LogP) is 1.05. The van der Waals surface area contributed by atoms with Gasteiger partial charge in [-0.05, 0) is 31.1 Å². The molecule has 2 atom stereocenters. The summed E-state index contributed by atoms with van der Waals surface area (Å²) < 4.78 is 0. The van der Waals surface area contributed by atoms with Crippen LogP contribution in [-0.2, 0) is 0 Å². The van der Waals surface area contributed by atoms with Gasteiger partial charge in [0.15, 0.2) is 0 Å². The number of amides is 1. The molecule has 1 amide bonds.